The Balaban J connectivity index is 0.000000845. The SMILES string of the molecule is Cl.Cl.Oc1cccnc1-n1nccn1. The molecular formula is C7H8Cl2N4O. The maximum atomic E-state index is 9.32. The van der Waals surface area contributed by atoms with Crippen LogP contribution >= 0.6 is 24.8 Å². The second kappa shape index (κ2) is 5.41. The number of nitrogens with zero attached hydrogens (tertiary/aromatic N) is 4. The fourth-order valence-electron chi connectivity index (χ4n) is 0.868. The van der Waals surface area contributed by atoms with Gasteiger partial charge in [0.2, 0.25) is 5.82 Å². The molecule has 0 atom stereocenters. The van der Waals surface area contributed by atoms with E-state index in [0.29, 0.717) is 5.82 Å². The van der Waals surface area contributed by atoms with Crippen LogP contribution in [0.25, 0.3) is 5.82 Å². The topological polar surface area (TPSA) is 63.8 Å². The van der Waals surface area contributed by atoms with Gasteiger partial charge in [-0.3, -0.25) is 0 Å². The number of hydrogen-bond acceptors (Lipinski definition) is 4. The molecule has 0 saturated carbocycles. The average Bonchev–Trinajstić information content (AvgIpc) is 2.57. The number of pyridine rings is 1. The zero-order chi connectivity index (χ0) is 8.39. The molecule has 0 fully saturated rings. The van der Waals surface area contributed by atoms with Crippen LogP contribution in [0.15, 0.2) is 30.7 Å². The van der Waals surface area contributed by atoms with Crippen molar-refractivity contribution in [3.8, 4) is 11.6 Å². The Morgan fingerprint density at radius 3 is 2.29 bits per heavy atom. The van der Waals surface area contributed by atoms with Crippen LogP contribution in [0.2, 0.25) is 0 Å². The van der Waals surface area contributed by atoms with Gasteiger partial charge in [-0.1, -0.05) is 0 Å². The number of hydrogen-bond donors (Lipinski definition) is 1. The summed E-state index contributed by atoms with van der Waals surface area (Å²) in [6.07, 6.45) is 4.61. The van der Waals surface area contributed by atoms with Crippen molar-refractivity contribution in [2.45, 2.75) is 0 Å². The highest BCUT2D eigenvalue weighted by molar-refractivity contribution is 5.85. The van der Waals surface area contributed by atoms with E-state index in [-0.39, 0.29) is 30.6 Å². The Labute approximate surface area is 92.6 Å². The zero-order valence-electron chi connectivity index (χ0n) is 6.94. The summed E-state index contributed by atoms with van der Waals surface area (Å²) in [5.41, 5.74) is 0. The standard InChI is InChI=1S/C7H6N4O.2ClH/c12-6-2-1-3-8-7(6)11-9-4-5-10-11;;/h1-5,12H;2*1H. The van der Waals surface area contributed by atoms with Gasteiger partial charge in [-0.15, -0.1) is 29.6 Å². The van der Waals surface area contributed by atoms with Gasteiger partial charge in [-0.2, -0.15) is 10.2 Å². The van der Waals surface area contributed by atoms with Crippen LogP contribution < -0.4 is 0 Å². The molecule has 0 spiro atoms. The van der Waals surface area contributed by atoms with Gasteiger partial charge in [0.25, 0.3) is 0 Å². The summed E-state index contributed by atoms with van der Waals surface area (Å²) in [6, 6.07) is 3.17. The minimum atomic E-state index is 0. The van der Waals surface area contributed by atoms with Crippen LogP contribution in [-0.4, -0.2) is 25.1 Å². The molecule has 0 aromatic carbocycles. The Morgan fingerprint density at radius 2 is 1.71 bits per heavy atom. The Morgan fingerprint density at radius 1 is 1.07 bits per heavy atom. The summed E-state index contributed by atoms with van der Waals surface area (Å²) in [6.45, 7) is 0. The average molecular weight is 235 g/mol. The van der Waals surface area contributed by atoms with Gasteiger partial charge in [0.1, 0.15) is 0 Å². The van der Waals surface area contributed by atoms with E-state index in [4.69, 9.17) is 0 Å². The van der Waals surface area contributed by atoms with Gasteiger partial charge in [0, 0.05) is 6.20 Å². The molecule has 2 heterocycles. The molecule has 2 aromatic heterocycles. The number of rotatable bonds is 1. The third kappa shape index (κ3) is 2.34. The Hall–Kier alpha value is -1.33. The Kier molecular flexibility index (Phi) is 4.90. The highest BCUT2D eigenvalue weighted by Gasteiger charge is 2.03. The normalized spacial score (nSPS) is 8.57. The third-order valence-electron chi connectivity index (χ3n) is 1.37. The molecule has 0 radical (unpaired) electrons. The molecule has 1 N–H and O–H groups in total. The maximum absolute atomic E-state index is 9.32. The molecule has 0 amide bonds. The van der Waals surface area contributed by atoms with Crippen LogP contribution in [0.4, 0.5) is 0 Å². The fourth-order valence-corrected chi connectivity index (χ4v) is 0.868. The summed E-state index contributed by atoms with van der Waals surface area (Å²) in [7, 11) is 0. The predicted molar refractivity (Wildman–Crippen MR) is 55.3 cm³/mol. The molecule has 7 heteroatoms. The first-order valence-electron chi connectivity index (χ1n) is 3.38. The minimum absolute atomic E-state index is 0. The monoisotopic (exact) mass is 234 g/mol. The summed E-state index contributed by atoms with van der Waals surface area (Å²) in [5, 5.41) is 17.0. The minimum Gasteiger partial charge on any atom is -0.504 e. The predicted octanol–water partition coefficient (Wildman–Crippen LogP) is 1.21. The van der Waals surface area contributed by atoms with Gasteiger partial charge >= 0.3 is 0 Å². The summed E-state index contributed by atoms with van der Waals surface area (Å²) < 4.78 is 0. The molecule has 0 aliphatic carbocycles. The van der Waals surface area contributed by atoms with Crippen molar-refractivity contribution in [1.29, 1.82) is 0 Å². The van der Waals surface area contributed by atoms with E-state index >= 15 is 0 Å². The largest absolute Gasteiger partial charge is 0.504 e. The van der Waals surface area contributed by atoms with E-state index < -0.39 is 0 Å². The molecule has 0 aliphatic rings. The van der Waals surface area contributed by atoms with Gasteiger partial charge in [-0.05, 0) is 12.1 Å². The molecular weight excluding hydrogens is 227 g/mol. The lowest BCUT2D eigenvalue weighted by Crippen LogP contribution is -2.00. The van der Waals surface area contributed by atoms with Gasteiger partial charge in [0.05, 0.1) is 12.4 Å². The first-order chi connectivity index (χ1) is 5.88. The smallest absolute Gasteiger partial charge is 0.216 e. The molecule has 2 aromatic rings. The summed E-state index contributed by atoms with van der Waals surface area (Å²) in [5.74, 6) is 0.399. The lowest BCUT2D eigenvalue weighted by molar-refractivity contribution is 0.463. The number of aromatic hydroxyl groups is 1. The molecule has 0 bridgehead atoms. The molecule has 0 aliphatic heterocycles. The van der Waals surface area contributed by atoms with Crippen LogP contribution in [0.5, 0.6) is 5.75 Å². The highest BCUT2D eigenvalue weighted by Crippen LogP contribution is 2.14. The molecule has 0 saturated heterocycles. The van der Waals surface area contributed by atoms with Crippen LogP contribution in [-0.2, 0) is 0 Å². The van der Waals surface area contributed by atoms with Gasteiger partial charge in [-0.25, -0.2) is 4.98 Å². The van der Waals surface area contributed by atoms with E-state index in [2.05, 4.69) is 15.2 Å². The molecule has 5 nitrogen and oxygen atoms in total. The quantitative estimate of drug-likeness (QED) is 0.806. The number of aromatic nitrogens is 4. The van der Waals surface area contributed by atoms with Crippen molar-refractivity contribution in [2.24, 2.45) is 0 Å². The summed E-state index contributed by atoms with van der Waals surface area (Å²) in [4.78, 5) is 5.17. The zero-order valence-corrected chi connectivity index (χ0v) is 8.57. The van der Waals surface area contributed by atoms with E-state index in [1.807, 2.05) is 0 Å². The van der Waals surface area contributed by atoms with E-state index in [0.717, 1.165) is 0 Å². The van der Waals surface area contributed by atoms with Crippen molar-refractivity contribution < 1.29 is 5.11 Å². The van der Waals surface area contributed by atoms with Crippen molar-refractivity contribution in [3.63, 3.8) is 0 Å². The molecule has 76 valence electrons. The van der Waals surface area contributed by atoms with Crippen molar-refractivity contribution in [2.75, 3.05) is 0 Å². The maximum Gasteiger partial charge on any atom is 0.216 e. The lowest BCUT2D eigenvalue weighted by Gasteiger charge is -1.99. The number of halogens is 2. The lowest BCUT2D eigenvalue weighted by atomic mass is 10.4. The summed E-state index contributed by atoms with van der Waals surface area (Å²) >= 11 is 0. The molecule has 0 unspecified atom stereocenters. The third-order valence-corrected chi connectivity index (χ3v) is 1.37. The second-order valence-electron chi connectivity index (χ2n) is 2.16. The highest BCUT2D eigenvalue weighted by atomic mass is 35.5. The molecule has 2 rings (SSSR count). The van der Waals surface area contributed by atoms with Crippen LogP contribution in [0.3, 0.4) is 0 Å². The van der Waals surface area contributed by atoms with E-state index in [1.54, 1.807) is 12.3 Å². The second-order valence-corrected chi connectivity index (χ2v) is 2.16. The Bertz CT molecular complexity index is 379. The first-order valence-corrected chi connectivity index (χ1v) is 3.38. The first kappa shape index (κ1) is 12.7. The van der Waals surface area contributed by atoms with Gasteiger partial charge < -0.3 is 5.11 Å². The van der Waals surface area contributed by atoms with Crippen molar-refractivity contribution in [1.82, 2.24) is 20.0 Å². The van der Waals surface area contributed by atoms with Gasteiger partial charge in [0.15, 0.2) is 5.75 Å². The van der Waals surface area contributed by atoms with Crippen molar-refractivity contribution >= 4 is 24.8 Å². The fraction of sp³-hybridized carbons (Fsp3) is 0. The van der Waals surface area contributed by atoms with Crippen LogP contribution in [0, 0.1) is 0 Å². The van der Waals surface area contributed by atoms with Crippen LogP contribution in [0.1, 0.15) is 0 Å². The van der Waals surface area contributed by atoms with Crippen molar-refractivity contribution in [3.05, 3.63) is 30.7 Å². The van der Waals surface area contributed by atoms with E-state index in [9.17, 15) is 5.11 Å². The van der Waals surface area contributed by atoms with E-state index in [1.165, 1.54) is 23.3 Å². The molecule has 14 heavy (non-hydrogen) atoms.